The summed E-state index contributed by atoms with van der Waals surface area (Å²) in [6, 6.07) is 9.93. The van der Waals surface area contributed by atoms with Crippen LogP contribution in [0, 0.1) is 0 Å². The van der Waals surface area contributed by atoms with Crippen molar-refractivity contribution in [2.24, 2.45) is 0 Å². The second kappa shape index (κ2) is 4.19. The Morgan fingerprint density at radius 3 is 2.71 bits per heavy atom. The van der Waals surface area contributed by atoms with Gasteiger partial charge in [-0.25, -0.2) is 0 Å². The Hall–Kier alpha value is -1.42. The van der Waals surface area contributed by atoms with Crippen LogP contribution in [0.4, 0.5) is 0 Å². The Morgan fingerprint density at radius 2 is 2.00 bits per heavy atom. The predicted molar refractivity (Wildman–Crippen MR) is 56.5 cm³/mol. The molecule has 14 heavy (non-hydrogen) atoms. The van der Waals surface area contributed by atoms with Crippen molar-refractivity contribution in [2.75, 3.05) is 6.61 Å². The van der Waals surface area contributed by atoms with Crippen LogP contribution < -0.4 is 4.74 Å². The molecule has 0 bridgehead atoms. The molecule has 1 aromatic carbocycles. The fraction of sp³-hybridized carbons (Fsp3) is 0.200. The van der Waals surface area contributed by atoms with E-state index in [9.17, 15) is 0 Å². The number of ether oxygens (including phenoxy) is 1. The first-order valence-corrected chi connectivity index (χ1v) is 5.15. The molecule has 72 valence electrons. The number of hydrogen-bond donors (Lipinski definition) is 0. The molecule has 1 heterocycles. The summed E-state index contributed by atoms with van der Waals surface area (Å²) in [4.78, 5) is 0. The van der Waals surface area contributed by atoms with Crippen molar-refractivity contribution in [2.45, 2.75) is 6.92 Å². The van der Waals surface area contributed by atoms with Gasteiger partial charge in [0.15, 0.2) is 0 Å². The molecule has 0 spiro atoms. The van der Waals surface area contributed by atoms with Gasteiger partial charge in [-0.3, -0.25) is 0 Å². The highest BCUT2D eigenvalue weighted by Gasteiger charge is 2.10. The Labute approximate surface area is 86.7 Å². The van der Waals surface area contributed by atoms with E-state index in [4.69, 9.17) is 4.74 Å². The number of rotatable bonds is 3. The number of benzene rings is 1. The maximum Gasteiger partial charge on any atom is 0.253 e. The van der Waals surface area contributed by atoms with Gasteiger partial charge in [0.05, 0.1) is 18.3 Å². The number of hydrogen-bond acceptors (Lipinski definition) is 4. The maximum atomic E-state index is 5.37. The van der Waals surface area contributed by atoms with E-state index >= 15 is 0 Å². The van der Waals surface area contributed by atoms with Crippen LogP contribution >= 0.6 is 11.7 Å². The van der Waals surface area contributed by atoms with Crippen molar-refractivity contribution in [1.82, 2.24) is 8.75 Å². The fourth-order valence-electron chi connectivity index (χ4n) is 1.18. The molecule has 0 saturated heterocycles. The Morgan fingerprint density at radius 1 is 1.21 bits per heavy atom. The van der Waals surface area contributed by atoms with Crippen LogP contribution in [-0.2, 0) is 0 Å². The highest BCUT2D eigenvalue weighted by atomic mass is 32.1. The SMILES string of the molecule is CCOc1nsnc1-c1ccccc1. The predicted octanol–water partition coefficient (Wildman–Crippen LogP) is 2.60. The molecule has 0 fully saturated rings. The molecule has 1 aromatic heterocycles. The summed E-state index contributed by atoms with van der Waals surface area (Å²) in [6.07, 6.45) is 0. The molecule has 2 aromatic rings. The van der Waals surface area contributed by atoms with Gasteiger partial charge in [0.25, 0.3) is 5.88 Å². The summed E-state index contributed by atoms with van der Waals surface area (Å²) in [5.74, 6) is 0.628. The van der Waals surface area contributed by atoms with Crippen molar-refractivity contribution in [3.8, 4) is 17.1 Å². The van der Waals surface area contributed by atoms with Crippen molar-refractivity contribution in [3.63, 3.8) is 0 Å². The van der Waals surface area contributed by atoms with E-state index in [2.05, 4.69) is 8.75 Å². The minimum Gasteiger partial charge on any atom is -0.476 e. The van der Waals surface area contributed by atoms with Gasteiger partial charge in [-0.2, -0.15) is 4.37 Å². The Bertz CT molecular complexity index is 400. The average Bonchev–Trinajstić information content (AvgIpc) is 2.68. The minimum atomic E-state index is 0.616. The van der Waals surface area contributed by atoms with Gasteiger partial charge in [-0.1, -0.05) is 30.3 Å². The van der Waals surface area contributed by atoms with Gasteiger partial charge in [0.1, 0.15) is 5.69 Å². The molecule has 2 rings (SSSR count). The van der Waals surface area contributed by atoms with E-state index in [1.54, 1.807) is 0 Å². The largest absolute Gasteiger partial charge is 0.476 e. The molecule has 3 nitrogen and oxygen atoms in total. The third-order valence-corrected chi connectivity index (χ3v) is 2.30. The van der Waals surface area contributed by atoms with Gasteiger partial charge in [0, 0.05) is 5.56 Å². The highest BCUT2D eigenvalue weighted by Crippen LogP contribution is 2.27. The van der Waals surface area contributed by atoms with Crippen molar-refractivity contribution < 1.29 is 4.74 Å². The third kappa shape index (κ3) is 1.75. The Kier molecular flexibility index (Phi) is 2.74. The molecule has 0 atom stereocenters. The minimum absolute atomic E-state index is 0.616. The molecule has 0 N–H and O–H groups in total. The second-order valence-electron chi connectivity index (χ2n) is 2.72. The lowest BCUT2D eigenvalue weighted by Gasteiger charge is -2.00. The van der Waals surface area contributed by atoms with Crippen LogP contribution in [0.15, 0.2) is 30.3 Å². The summed E-state index contributed by atoms with van der Waals surface area (Å²) in [6.45, 7) is 2.55. The van der Waals surface area contributed by atoms with Gasteiger partial charge < -0.3 is 4.74 Å². The summed E-state index contributed by atoms with van der Waals surface area (Å²) in [7, 11) is 0. The molecule has 4 heteroatoms. The molecule has 0 aliphatic carbocycles. The van der Waals surface area contributed by atoms with Crippen molar-refractivity contribution in [3.05, 3.63) is 30.3 Å². The Balaban J connectivity index is 2.37. The van der Waals surface area contributed by atoms with Gasteiger partial charge in [-0.15, -0.1) is 4.37 Å². The number of nitrogens with zero attached hydrogens (tertiary/aromatic N) is 2. The smallest absolute Gasteiger partial charge is 0.253 e. The van der Waals surface area contributed by atoms with E-state index in [0.29, 0.717) is 12.5 Å². The number of aromatic nitrogens is 2. The first kappa shape index (κ1) is 9.15. The van der Waals surface area contributed by atoms with Crippen LogP contribution in [0.1, 0.15) is 6.92 Å². The normalized spacial score (nSPS) is 10.1. The molecular formula is C10H10N2OS. The van der Waals surface area contributed by atoms with Crippen LogP contribution in [0.2, 0.25) is 0 Å². The molecule has 0 aliphatic heterocycles. The van der Waals surface area contributed by atoms with Crippen molar-refractivity contribution in [1.29, 1.82) is 0 Å². The van der Waals surface area contributed by atoms with E-state index in [1.165, 1.54) is 11.7 Å². The van der Waals surface area contributed by atoms with Crippen LogP contribution in [0.25, 0.3) is 11.3 Å². The van der Waals surface area contributed by atoms with Crippen molar-refractivity contribution >= 4 is 11.7 Å². The first-order chi connectivity index (χ1) is 6.92. The third-order valence-electron chi connectivity index (χ3n) is 1.79. The first-order valence-electron chi connectivity index (χ1n) is 4.42. The zero-order valence-corrected chi connectivity index (χ0v) is 8.62. The topological polar surface area (TPSA) is 35.0 Å². The molecule has 0 amide bonds. The summed E-state index contributed by atoms with van der Waals surface area (Å²) >= 11 is 1.18. The maximum absolute atomic E-state index is 5.37. The molecule has 0 aliphatic rings. The summed E-state index contributed by atoms with van der Waals surface area (Å²) in [5.41, 5.74) is 1.88. The van der Waals surface area contributed by atoms with E-state index in [1.807, 2.05) is 37.3 Å². The van der Waals surface area contributed by atoms with Gasteiger partial charge in [0.2, 0.25) is 0 Å². The summed E-state index contributed by atoms with van der Waals surface area (Å²) in [5, 5.41) is 0. The fourth-order valence-corrected chi connectivity index (χ4v) is 1.70. The van der Waals surface area contributed by atoms with E-state index < -0.39 is 0 Å². The zero-order chi connectivity index (χ0) is 9.80. The molecule has 0 radical (unpaired) electrons. The lowest BCUT2D eigenvalue weighted by molar-refractivity contribution is 0.331. The lowest BCUT2D eigenvalue weighted by atomic mass is 10.2. The lowest BCUT2D eigenvalue weighted by Crippen LogP contribution is -1.93. The monoisotopic (exact) mass is 206 g/mol. The molecule has 0 unspecified atom stereocenters. The molecule has 0 saturated carbocycles. The van der Waals surface area contributed by atoms with Crippen LogP contribution in [0.3, 0.4) is 0 Å². The van der Waals surface area contributed by atoms with E-state index in [-0.39, 0.29) is 0 Å². The highest BCUT2D eigenvalue weighted by molar-refractivity contribution is 6.99. The van der Waals surface area contributed by atoms with Gasteiger partial charge >= 0.3 is 0 Å². The molecular weight excluding hydrogens is 196 g/mol. The average molecular weight is 206 g/mol. The van der Waals surface area contributed by atoms with E-state index in [0.717, 1.165) is 11.3 Å². The second-order valence-corrected chi connectivity index (χ2v) is 3.25. The summed E-state index contributed by atoms with van der Waals surface area (Å²) < 4.78 is 13.7. The zero-order valence-electron chi connectivity index (χ0n) is 7.80. The van der Waals surface area contributed by atoms with Gasteiger partial charge in [-0.05, 0) is 6.92 Å². The standard InChI is InChI=1S/C10H10N2OS/c1-2-13-10-9(11-14-12-10)8-6-4-3-5-7-8/h3-7H,2H2,1H3. The van der Waals surface area contributed by atoms with Crippen LogP contribution in [-0.4, -0.2) is 15.4 Å². The van der Waals surface area contributed by atoms with Crippen LogP contribution in [0.5, 0.6) is 5.88 Å². The quantitative estimate of drug-likeness (QED) is 0.774.